The van der Waals surface area contributed by atoms with Gasteiger partial charge in [-0.1, -0.05) is 32.1 Å². The quantitative estimate of drug-likeness (QED) is 0.878. The zero-order chi connectivity index (χ0) is 13.8. The summed E-state index contributed by atoms with van der Waals surface area (Å²) in [6, 6.07) is 3.49. The fourth-order valence-corrected chi connectivity index (χ4v) is 3.91. The maximum atomic E-state index is 4.79. The first kappa shape index (κ1) is 14.1. The Balaban J connectivity index is 1.49. The van der Waals surface area contributed by atoms with Crippen LogP contribution in [-0.4, -0.2) is 15.8 Å². The molecule has 1 aromatic heterocycles. The maximum Gasteiger partial charge on any atom is 0.0762 e. The second kappa shape index (κ2) is 6.75. The van der Waals surface area contributed by atoms with Gasteiger partial charge in [0, 0.05) is 18.8 Å². The molecule has 20 heavy (non-hydrogen) atoms. The highest BCUT2D eigenvalue weighted by Gasteiger charge is 2.21. The van der Waals surface area contributed by atoms with Crippen LogP contribution in [0.2, 0.25) is 0 Å². The maximum absolute atomic E-state index is 4.79. The average molecular weight is 275 g/mol. The van der Waals surface area contributed by atoms with Crippen molar-refractivity contribution in [2.75, 3.05) is 0 Å². The van der Waals surface area contributed by atoms with E-state index in [1.165, 1.54) is 63.5 Å². The van der Waals surface area contributed by atoms with Crippen LogP contribution in [0.4, 0.5) is 0 Å². The van der Waals surface area contributed by atoms with E-state index in [9.17, 15) is 0 Å². The molecular weight excluding hydrogens is 246 g/mol. The van der Waals surface area contributed by atoms with E-state index in [-0.39, 0.29) is 0 Å². The molecule has 2 aliphatic rings. The summed E-state index contributed by atoms with van der Waals surface area (Å²) in [6.07, 6.45) is 14.6. The molecule has 3 rings (SSSR count). The Morgan fingerprint density at radius 3 is 2.60 bits per heavy atom. The van der Waals surface area contributed by atoms with Gasteiger partial charge in [-0.2, -0.15) is 5.10 Å². The molecule has 0 saturated heterocycles. The smallest absolute Gasteiger partial charge is 0.0762 e. The first-order chi connectivity index (χ1) is 9.83. The molecule has 1 unspecified atom stereocenters. The Bertz CT molecular complexity index is 400. The van der Waals surface area contributed by atoms with Gasteiger partial charge in [-0.15, -0.1) is 0 Å². The fraction of sp³-hybridized carbons (Fsp3) is 0.824. The van der Waals surface area contributed by atoms with Gasteiger partial charge in [-0.25, -0.2) is 0 Å². The second-order valence-corrected chi connectivity index (χ2v) is 6.79. The van der Waals surface area contributed by atoms with Crippen LogP contribution in [0.5, 0.6) is 0 Å². The predicted octanol–water partition coefficient (Wildman–Crippen LogP) is 4.06. The van der Waals surface area contributed by atoms with E-state index in [2.05, 4.69) is 29.2 Å². The average Bonchev–Trinajstić information content (AvgIpc) is 3.17. The lowest BCUT2D eigenvalue weighted by molar-refractivity contribution is 0.326. The van der Waals surface area contributed by atoms with Crippen LogP contribution in [0.1, 0.15) is 76.4 Å². The van der Waals surface area contributed by atoms with Crippen molar-refractivity contribution in [3.05, 3.63) is 18.0 Å². The summed E-state index contributed by atoms with van der Waals surface area (Å²) in [5, 5.41) is 8.47. The zero-order valence-corrected chi connectivity index (χ0v) is 12.9. The molecular formula is C17H29N3. The molecule has 1 aromatic rings. The van der Waals surface area contributed by atoms with E-state index in [0.717, 1.165) is 12.5 Å². The summed E-state index contributed by atoms with van der Waals surface area (Å²) in [7, 11) is 0. The highest BCUT2D eigenvalue weighted by Crippen LogP contribution is 2.28. The summed E-state index contributed by atoms with van der Waals surface area (Å²) < 4.78 is 2.22. The lowest BCUT2D eigenvalue weighted by Gasteiger charge is -2.22. The fourth-order valence-electron chi connectivity index (χ4n) is 3.91. The number of hydrogen-bond donors (Lipinski definition) is 1. The minimum absolute atomic E-state index is 0.636. The monoisotopic (exact) mass is 275 g/mol. The van der Waals surface area contributed by atoms with E-state index < -0.39 is 0 Å². The molecule has 2 aliphatic carbocycles. The topological polar surface area (TPSA) is 29.9 Å². The summed E-state index contributed by atoms with van der Waals surface area (Å²) in [4.78, 5) is 0. The Kier molecular flexibility index (Phi) is 4.77. The lowest BCUT2D eigenvalue weighted by atomic mass is 9.96. The number of aromatic nitrogens is 2. The van der Waals surface area contributed by atoms with Crippen molar-refractivity contribution >= 4 is 0 Å². The van der Waals surface area contributed by atoms with Gasteiger partial charge in [0.25, 0.3) is 0 Å². The molecule has 1 N–H and O–H groups in total. The van der Waals surface area contributed by atoms with Gasteiger partial charge in [0.05, 0.1) is 11.7 Å². The minimum atomic E-state index is 0.636. The van der Waals surface area contributed by atoms with Crippen LogP contribution in [0.15, 0.2) is 12.3 Å². The van der Waals surface area contributed by atoms with Gasteiger partial charge >= 0.3 is 0 Å². The summed E-state index contributed by atoms with van der Waals surface area (Å²) in [5.41, 5.74) is 1.21. The molecule has 0 amide bonds. The molecule has 112 valence electrons. The molecule has 1 heterocycles. The van der Waals surface area contributed by atoms with Gasteiger partial charge in [0.2, 0.25) is 0 Å². The summed E-state index contributed by atoms with van der Waals surface area (Å²) in [5.74, 6) is 0.885. The van der Waals surface area contributed by atoms with Crippen LogP contribution in [0, 0.1) is 5.92 Å². The Morgan fingerprint density at radius 2 is 1.85 bits per heavy atom. The van der Waals surface area contributed by atoms with Gasteiger partial charge in [0.1, 0.15) is 0 Å². The third kappa shape index (κ3) is 3.43. The molecule has 3 heteroatoms. The Morgan fingerprint density at radius 1 is 1.15 bits per heavy atom. The zero-order valence-electron chi connectivity index (χ0n) is 12.9. The largest absolute Gasteiger partial charge is 0.308 e. The Hall–Kier alpha value is -0.830. The highest BCUT2D eigenvalue weighted by molar-refractivity contribution is 5.00. The van der Waals surface area contributed by atoms with Crippen molar-refractivity contribution < 1.29 is 0 Å². The van der Waals surface area contributed by atoms with Crippen LogP contribution in [-0.2, 0) is 6.54 Å². The molecule has 2 fully saturated rings. The van der Waals surface area contributed by atoms with Crippen molar-refractivity contribution in [1.29, 1.82) is 0 Å². The first-order valence-electron chi connectivity index (χ1n) is 8.60. The molecule has 0 spiro atoms. The number of rotatable bonds is 5. The van der Waals surface area contributed by atoms with Crippen molar-refractivity contribution in [2.24, 2.45) is 5.92 Å². The third-order valence-corrected chi connectivity index (χ3v) is 5.32. The van der Waals surface area contributed by atoms with Crippen LogP contribution in [0.25, 0.3) is 0 Å². The molecule has 0 bridgehead atoms. The highest BCUT2D eigenvalue weighted by atomic mass is 15.3. The predicted molar refractivity (Wildman–Crippen MR) is 82.6 cm³/mol. The van der Waals surface area contributed by atoms with E-state index in [1.54, 1.807) is 0 Å². The van der Waals surface area contributed by atoms with Crippen molar-refractivity contribution in [3.8, 4) is 0 Å². The first-order valence-corrected chi connectivity index (χ1v) is 8.60. The second-order valence-electron chi connectivity index (χ2n) is 6.79. The van der Waals surface area contributed by atoms with Crippen molar-refractivity contribution in [2.45, 2.75) is 83.3 Å². The molecule has 0 radical (unpaired) electrons. The van der Waals surface area contributed by atoms with E-state index >= 15 is 0 Å². The molecule has 2 saturated carbocycles. The lowest BCUT2D eigenvalue weighted by Crippen LogP contribution is -2.31. The number of hydrogen-bond acceptors (Lipinski definition) is 2. The summed E-state index contributed by atoms with van der Waals surface area (Å²) in [6.45, 7) is 3.27. The van der Waals surface area contributed by atoms with Crippen molar-refractivity contribution in [1.82, 2.24) is 15.1 Å². The SMILES string of the molecule is CC(NCc1ccn(C2CCCCC2)n1)C1CCCC1. The van der Waals surface area contributed by atoms with Crippen LogP contribution < -0.4 is 5.32 Å². The Labute approximate surface area is 123 Å². The molecule has 1 atom stereocenters. The van der Waals surface area contributed by atoms with E-state index in [4.69, 9.17) is 5.10 Å². The van der Waals surface area contributed by atoms with Crippen LogP contribution in [0.3, 0.4) is 0 Å². The summed E-state index contributed by atoms with van der Waals surface area (Å²) >= 11 is 0. The van der Waals surface area contributed by atoms with Gasteiger partial charge in [-0.05, 0) is 44.6 Å². The van der Waals surface area contributed by atoms with E-state index in [0.29, 0.717) is 12.1 Å². The standard InChI is InChI=1S/C17H29N3/c1-14(15-7-5-6-8-15)18-13-16-11-12-20(19-16)17-9-3-2-4-10-17/h11-12,14-15,17-18H,2-10,13H2,1H3. The molecule has 3 nitrogen and oxygen atoms in total. The normalized spacial score (nSPS) is 23.2. The van der Waals surface area contributed by atoms with E-state index in [1.807, 2.05) is 0 Å². The third-order valence-electron chi connectivity index (χ3n) is 5.32. The van der Waals surface area contributed by atoms with Crippen molar-refractivity contribution in [3.63, 3.8) is 0 Å². The number of nitrogens with one attached hydrogen (secondary N) is 1. The molecule has 0 aromatic carbocycles. The minimum Gasteiger partial charge on any atom is -0.308 e. The molecule has 0 aliphatic heterocycles. The van der Waals surface area contributed by atoms with Crippen LogP contribution >= 0.6 is 0 Å². The van der Waals surface area contributed by atoms with Gasteiger partial charge in [-0.3, -0.25) is 4.68 Å². The number of nitrogens with zero attached hydrogens (tertiary/aromatic N) is 2. The van der Waals surface area contributed by atoms with Gasteiger partial charge < -0.3 is 5.32 Å². The van der Waals surface area contributed by atoms with Gasteiger partial charge in [0.15, 0.2) is 0 Å².